The maximum Gasteiger partial charge on any atom is 0.330 e. The number of ether oxygens (including phenoxy) is 1. The second-order valence-corrected chi connectivity index (χ2v) is 6.10. The van der Waals surface area contributed by atoms with Gasteiger partial charge in [-0.05, 0) is 43.7 Å². The Morgan fingerprint density at radius 2 is 1.80 bits per heavy atom. The van der Waals surface area contributed by atoms with E-state index in [1.54, 1.807) is 18.2 Å². The molecule has 0 amide bonds. The van der Waals surface area contributed by atoms with Gasteiger partial charge in [-0.1, -0.05) is 30.3 Å². The Balaban J connectivity index is 2.34. The fraction of sp³-hybridized carbons (Fsp3) is 0.190. The molecule has 0 fully saturated rings. The molecule has 0 unspecified atom stereocenters. The van der Waals surface area contributed by atoms with Gasteiger partial charge in [0.1, 0.15) is 5.82 Å². The molecule has 0 radical (unpaired) electrons. The van der Waals surface area contributed by atoms with Crippen molar-refractivity contribution >= 4 is 22.9 Å². The lowest BCUT2D eigenvalue weighted by Crippen LogP contribution is -2.03. The summed E-state index contributed by atoms with van der Waals surface area (Å²) < 4.78 is 20.3. The zero-order valence-electron chi connectivity index (χ0n) is 14.5. The molecule has 0 aliphatic rings. The van der Waals surface area contributed by atoms with Crippen LogP contribution in [0.25, 0.3) is 28.1 Å². The maximum absolute atomic E-state index is 13.4. The standard InChI is InChI=1S/C21H20FNO2/c1-14(2)23-18-7-5-4-6-17(18)21(15-8-10-16(22)11-9-15)19(23)12-13-20(24)25-3/h4-14H,1-3H3. The third-order valence-corrected chi connectivity index (χ3v) is 4.18. The number of carbonyl (C=O) groups excluding carboxylic acids is 1. The van der Waals surface area contributed by atoms with Crippen molar-refractivity contribution in [1.82, 2.24) is 4.57 Å². The third kappa shape index (κ3) is 3.20. The van der Waals surface area contributed by atoms with Gasteiger partial charge in [-0.3, -0.25) is 0 Å². The van der Waals surface area contributed by atoms with Crippen LogP contribution in [0.3, 0.4) is 0 Å². The van der Waals surface area contributed by atoms with Crippen molar-refractivity contribution in [1.29, 1.82) is 0 Å². The van der Waals surface area contributed by atoms with Gasteiger partial charge in [-0.15, -0.1) is 0 Å². The van der Waals surface area contributed by atoms with Gasteiger partial charge in [0.25, 0.3) is 0 Å². The molecule has 0 spiro atoms. The summed E-state index contributed by atoms with van der Waals surface area (Å²) in [5.74, 6) is -0.686. The van der Waals surface area contributed by atoms with E-state index in [4.69, 9.17) is 4.74 Å². The Hall–Kier alpha value is -2.88. The van der Waals surface area contributed by atoms with Gasteiger partial charge in [-0.25, -0.2) is 9.18 Å². The molecule has 3 rings (SSSR count). The van der Waals surface area contributed by atoms with Crippen molar-refractivity contribution in [3.63, 3.8) is 0 Å². The van der Waals surface area contributed by atoms with Gasteiger partial charge >= 0.3 is 5.97 Å². The molecule has 0 atom stereocenters. The van der Waals surface area contributed by atoms with Crippen LogP contribution in [0, 0.1) is 5.82 Å². The van der Waals surface area contributed by atoms with E-state index < -0.39 is 5.97 Å². The summed E-state index contributed by atoms with van der Waals surface area (Å²) in [6, 6.07) is 14.7. The summed E-state index contributed by atoms with van der Waals surface area (Å²) in [7, 11) is 1.35. The molecule has 3 nitrogen and oxygen atoms in total. The lowest BCUT2D eigenvalue weighted by Gasteiger charge is -2.13. The number of aromatic nitrogens is 1. The maximum atomic E-state index is 13.4. The predicted octanol–water partition coefficient (Wildman–Crippen LogP) is 5.21. The lowest BCUT2D eigenvalue weighted by molar-refractivity contribution is -0.134. The van der Waals surface area contributed by atoms with Crippen molar-refractivity contribution in [3.8, 4) is 11.1 Å². The van der Waals surface area contributed by atoms with E-state index in [0.717, 1.165) is 27.7 Å². The highest BCUT2D eigenvalue weighted by molar-refractivity contribution is 6.02. The number of benzene rings is 2. The molecule has 1 aromatic heterocycles. The van der Waals surface area contributed by atoms with Crippen molar-refractivity contribution in [2.24, 2.45) is 0 Å². The smallest absolute Gasteiger partial charge is 0.330 e. The summed E-state index contributed by atoms with van der Waals surface area (Å²) >= 11 is 0. The van der Waals surface area contributed by atoms with E-state index in [1.807, 2.05) is 18.2 Å². The van der Waals surface area contributed by atoms with Crippen LogP contribution in [0.15, 0.2) is 54.6 Å². The topological polar surface area (TPSA) is 31.2 Å². The van der Waals surface area contributed by atoms with Crippen LogP contribution in [-0.4, -0.2) is 17.6 Å². The van der Waals surface area contributed by atoms with Crippen molar-refractivity contribution < 1.29 is 13.9 Å². The van der Waals surface area contributed by atoms with Crippen LogP contribution in [-0.2, 0) is 9.53 Å². The second kappa shape index (κ2) is 6.93. The van der Waals surface area contributed by atoms with Gasteiger partial charge < -0.3 is 9.30 Å². The molecule has 3 aromatic rings. The minimum atomic E-state index is -0.411. The average Bonchev–Trinajstić information content (AvgIpc) is 2.94. The quantitative estimate of drug-likeness (QED) is 0.483. The Bertz CT molecular complexity index is 936. The first-order valence-electron chi connectivity index (χ1n) is 8.17. The molecular formula is C21H20FNO2. The summed E-state index contributed by atoms with van der Waals surface area (Å²) in [6.07, 6.45) is 3.19. The van der Waals surface area contributed by atoms with Gasteiger partial charge in [0, 0.05) is 28.6 Å². The number of halogens is 1. The number of rotatable bonds is 4. The number of methoxy groups -OCH3 is 1. The Kier molecular flexibility index (Phi) is 4.70. The van der Waals surface area contributed by atoms with Gasteiger partial charge in [0.05, 0.1) is 12.8 Å². The van der Waals surface area contributed by atoms with E-state index in [0.29, 0.717) is 0 Å². The van der Waals surface area contributed by atoms with Crippen LogP contribution >= 0.6 is 0 Å². The highest BCUT2D eigenvalue weighted by Gasteiger charge is 2.18. The fourth-order valence-corrected chi connectivity index (χ4v) is 3.14. The minimum Gasteiger partial charge on any atom is -0.466 e. The molecular weight excluding hydrogens is 317 g/mol. The van der Waals surface area contributed by atoms with Gasteiger partial charge in [-0.2, -0.15) is 0 Å². The van der Waals surface area contributed by atoms with Crippen LogP contribution in [0.2, 0.25) is 0 Å². The molecule has 4 heteroatoms. The normalized spacial score (nSPS) is 11.6. The number of hydrogen-bond donors (Lipinski definition) is 0. The number of para-hydroxylation sites is 1. The fourth-order valence-electron chi connectivity index (χ4n) is 3.14. The van der Waals surface area contributed by atoms with E-state index in [1.165, 1.54) is 25.3 Å². The Labute approximate surface area is 146 Å². The number of esters is 1. The molecule has 0 saturated carbocycles. The zero-order valence-corrected chi connectivity index (χ0v) is 14.5. The molecule has 0 bridgehead atoms. The molecule has 1 heterocycles. The summed E-state index contributed by atoms with van der Waals surface area (Å²) in [5, 5.41) is 1.06. The minimum absolute atomic E-state index is 0.191. The van der Waals surface area contributed by atoms with E-state index in [2.05, 4.69) is 24.5 Å². The molecule has 0 saturated heterocycles. The van der Waals surface area contributed by atoms with E-state index in [9.17, 15) is 9.18 Å². The molecule has 0 aliphatic carbocycles. The summed E-state index contributed by atoms with van der Waals surface area (Å²) in [6.45, 7) is 4.19. The average molecular weight is 337 g/mol. The highest BCUT2D eigenvalue weighted by atomic mass is 19.1. The van der Waals surface area contributed by atoms with Crippen molar-refractivity contribution in [2.75, 3.05) is 7.11 Å². The molecule has 25 heavy (non-hydrogen) atoms. The Morgan fingerprint density at radius 1 is 1.12 bits per heavy atom. The zero-order chi connectivity index (χ0) is 18.0. The molecule has 0 aliphatic heterocycles. The van der Waals surface area contributed by atoms with Gasteiger partial charge in [0.15, 0.2) is 0 Å². The van der Waals surface area contributed by atoms with E-state index in [-0.39, 0.29) is 11.9 Å². The first-order valence-corrected chi connectivity index (χ1v) is 8.17. The number of nitrogens with zero attached hydrogens (tertiary/aromatic N) is 1. The second-order valence-electron chi connectivity index (χ2n) is 6.10. The van der Waals surface area contributed by atoms with Crippen LogP contribution in [0.4, 0.5) is 4.39 Å². The number of fused-ring (bicyclic) bond motifs is 1. The van der Waals surface area contributed by atoms with Gasteiger partial charge in [0.2, 0.25) is 0 Å². The third-order valence-electron chi connectivity index (χ3n) is 4.18. The Morgan fingerprint density at radius 3 is 2.44 bits per heavy atom. The van der Waals surface area contributed by atoms with E-state index >= 15 is 0 Å². The first kappa shape index (κ1) is 17.0. The summed E-state index contributed by atoms with van der Waals surface area (Å²) in [5.41, 5.74) is 3.85. The van der Waals surface area contributed by atoms with Crippen LogP contribution in [0.5, 0.6) is 0 Å². The monoisotopic (exact) mass is 337 g/mol. The highest BCUT2D eigenvalue weighted by Crippen LogP contribution is 2.37. The predicted molar refractivity (Wildman–Crippen MR) is 98.8 cm³/mol. The SMILES string of the molecule is COC(=O)C=Cc1c(-c2ccc(F)cc2)c2ccccc2n1C(C)C. The van der Waals surface area contributed by atoms with Crippen molar-refractivity contribution in [3.05, 3.63) is 66.1 Å². The number of hydrogen-bond acceptors (Lipinski definition) is 2. The molecule has 0 N–H and O–H groups in total. The molecule has 2 aromatic carbocycles. The largest absolute Gasteiger partial charge is 0.466 e. The van der Waals surface area contributed by atoms with Crippen LogP contribution < -0.4 is 0 Å². The number of carbonyl (C=O) groups is 1. The molecule has 128 valence electrons. The van der Waals surface area contributed by atoms with Crippen LogP contribution in [0.1, 0.15) is 25.6 Å². The van der Waals surface area contributed by atoms with Crippen molar-refractivity contribution in [2.45, 2.75) is 19.9 Å². The lowest BCUT2D eigenvalue weighted by atomic mass is 10.0. The first-order chi connectivity index (χ1) is 12.0. The summed E-state index contributed by atoms with van der Waals surface area (Å²) in [4.78, 5) is 11.6.